The number of nitro groups is 1. The van der Waals surface area contributed by atoms with Gasteiger partial charge >= 0.3 is 0 Å². The van der Waals surface area contributed by atoms with Crippen molar-refractivity contribution in [3.8, 4) is 0 Å². The highest BCUT2D eigenvalue weighted by molar-refractivity contribution is 6.04. The molecule has 6 nitrogen and oxygen atoms in total. The number of carbonyl (C=O) groups excluding carboxylic acids is 1. The number of amides is 1. The molecule has 1 aromatic heterocycles. The molecule has 19 heavy (non-hydrogen) atoms. The Kier molecular flexibility index (Phi) is 3.46. The molecular weight excluding hydrogens is 253 g/mol. The smallest absolute Gasteiger partial charge is 0.271 e. The van der Waals surface area contributed by atoms with Crippen molar-refractivity contribution in [2.45, 2.75) is 0 Å². The lowest BCUT2D eigenvalue weighted by Crippen LogP contribution is -2.12. The number of hydrogen-bond donors (Lipinski definition) is 1. The van der Waals surface area contributed by atoms with Gasteiger partial charge in [-0.05, 0) is 18.2 Å². The monoisotopic (exact) mass is 261 g/mol. The van der Waals surface area contributed by atoms with Gasteiger partial charge in [0.05, 0.1) is 10.5 Å². The average molecular weight is 261 g/mol. The molecule has 2 aromatic rings. The van der Waals surface area contributed by atoms with Gasteiger partial charge in [-0.2, -0.15) is 4.39 Å². The summed E-state index contributed by atoms with van der Waals surface area (Å²) in [6.45, 7) is 0. The van der Waals surface area contributed by atoms with Gasteiger partial charge in [0.25, 0.3) is 11.6 Å². The van der Waals surface area contributed by atoms with Gasteiger partial charge in [0.1, 0.15) is 0 Å². The minimum absolute atomic E-state index is 0.130. The molecular formula is C12H8FN3O3. The molecule has 0 aliphatic carbocycles. The predicted molar refractivity (Wildman–Crippen MR) is 65.2 cm³/mol. The summed E-state index contributed by atoms with van der Waals surface area (Å²) in [5.74, 6) is -1.21. The summed E-state index contributed by atoms with van der Waals surface area (Å²) in [5.41, 5.74) is 0.312. The van der Waals surface area contributed by atoms with E-state index >= 15 is 0 Å². The van der Waals surface area contributed by atoms with E-state index < -0.39 is 16.8 Å². The number of nitrogens with zero attached hydrogens (tertiary/aromatic N) is 2. The highest BCUT2D eigenvalue weighted by Crippen LogP contribution is 2.17. The van der Waals surface area contributed by atoms with E-state index in [9.17, 15) is 19.3 Å². The van der Waals surface area contributed by atoms with Crippen LogP contribution in [-0.4, -0.2) is 15.8 Å². The van der Waals surface area contributed by atoms with Crippen LogP contribution in [-0.2, 0) is 0 Å². The van der Waals surface area contributed by atoms with Gasteiger partial charge in [0.2, 0.25) is 5.95 Å². The lowest BCUT2D eigenvalue weighted by atomic mass is 10.2. The number of halogens is 1. The third-order valence-corrected chi connectivity index (χ3v) is 2.30. The minimum Gasteiger partial charge on any atom is -0.322 e. The molecule has 0 radical (unpaired) electrons. The number of non-ortho nitro benzene ring substituents is 1. The van der Waals surface area contributed by atoms with Crippen molar-refractivity contribution in [3.05, 3.63) is 64.2 Å². The highest BCUT2D eigenvalue weighted by atomic mass is 19.1. The van der Waals surface area contributed by atoms with E-state index in [1.807, 2.05) is 0 Å². The number of carbonyl (C=O) groups is 1. The van der Waals surface area contributed by atoms with Crippen LogP contribution in [0.2, 0.25) is 0 Å². The van der Waals surface area contributed by atoms with Crippen LogP contribution in [0.1, 0.15) is 10.4 Å². The maximum Gasteiger partial charge on any atom is 0.271 e. The lowest BCUT2D eigenvalue weighted by molar-refractivity contribution is -0.384. The highest BCUT2D eigenvalue weighted by Gasteiger charge is 2.10. The maximum atomic E-state index is 12.6. The van der Waals surface area contributed by atoms with Crippen molar-refractivity contribution in [1.82, 2.24) is 4.98 Å². The normalized spacial score (nSPS) is 9.95. The van der Waals surface area contributed by atoms with E-state index in [1.165, 1.54) is 30.3 Å². The molecule has 0 fully saturated rings. The van der Waals surface area contributed by atoms with Crippen LogP contribution < -0.4 is 5.32 Å². The van der Waals surface area contributed by atoms with E-state index in [1.54, 1.807) is 0 Å². The van der Waals surface area contributed by atoms with E-state index in [4.69, 9.17) is 0 Å². The molecule has 1 aromatic carbocycles. The third-order valence-electron chi connectivity index (χ3n) is 2.30. The number of nitrogens with one attached hydrogen (secondary N) is 1. The summed E-state index contributed by atoms with van der Waals surface area (Å²) in [4.78, 5) is 25.1. The molecule has 1 amide bonds. The standard InChI is InChI=1S/C12H8FN3O3/c13-11-5-4-8(7-14-11)12(17)15-9-2-1-3-10(6-9)16(18)19/h1-7H,(H,15,17). The summed E-state index contributed by atoms with van der Waals surface area (Å²) in [7, 11) is 0. The van der Waals surface area contributed by atoms with Gasteiger partial charge in [0, 0.05) is 24.0 Å². The Morgan fingerprint density at radius 3 is 2.74 bits per heavy atom. The Hall–Kier alpha value is -2.83. The second-order valence-corrected chi connectivity index (χ2v) is 3.63. The molecule has 0 saturated heterocycles. The largest absolute Gasteiger partial charge is 0.322 e. The van der Waals surface area contributed by atoms with Crippen LogP contribution in [0.25, 0.3) is 0 Å². The topological polar surface area (TPSA) is 85.1 Å². The van der Waals surface area contributed by atoms with Gasteiger partial charge in [-0.3, -0.25) is 14.9 Å². The summed E-state index contributed by atoms with van der Waals surface area (Å²) >= 11 is 0. The summed E-state index contributed by atoms with van der Waals surface area (Å²) < 4.78 is 12.6. The number of rotatable bonds is 3. The van der Waals surface area contributed by atoms with Crippen molar-refractivity contribution in [2.75, 3.05) is 5.32 Å². The van der Waals surface area contributed by atoms with Crippen molar-refractivity contribution in [3.63, 3.8) is 0 Å². The Balaban J connectivity index is 2.17. The molecule has 0 unspecified atom stereocenters. The molecule has 7 heteroatoms. The Morgan fingerprint density at radius 2 is 2.11 bits per heavy atom. The molecule has 2 rings (SSSR count). The first-order valence-electron chi connectivity index (χ1n) is 5.23. The van der Waals surface area contributed by atoms with Crippen LogP contribution >= 0.6 is 0 Å². The minimum atomic E-state index is -0.688. The van der Waals surface area contributed by atoms with E-state index in [0.717, 1.165) is 12.3 Å². The van der Waals surface area contributed by atoms with Crippen LogP contribution in [0.3, 0.4) is 0 Å². The molecule has 0 spiro atoms. The first-order chi connectivity index (χ1) is 9.06. The van der Waals surface area contributed by atoms with Gasteiger partial charge in [-0.1, -0.05) is 6.07 Å². The van der Waals surface area contributed by atoms with Crippen LogP contribution in [0.5, 0.6) is 0 Å². The first-order valence-corrected chi connectivity index (χ1v) is 5.23. The number of pyridine rings is 1. The van der Waals surface area contributed by atoms with Gasteiger partial charge < -0.3 is 5.32 Å². The van der Waals surface area contributed by atoms with Gasteiger partial charge in [-0.15, -0.1) is 0 Å². The molecule has 96 valence electrons. The van der Waals surface area contributed by atoms with E-state index in [0.29, 0.717) is 0 Å². The molecule has 0 atom stereocenters. The van der Waals surface area contributed by atoms with Crippen LogP contribution in [0, 0.1) is 16.1 Å². The van der Waals surface area contributed by atoms with Crippen molar-refractivity contribution >= 4 is 17.3 Å². The molecule has 0 aliphatic heterocycles. The van der Waals surface area contributed by atoms with Crippen molar-refractivity contribution in [1.29, 1.82) is 0 Å². The first kappa shape index (κ1) is 12.6. The fourth-order valence-electron chi connectivity index (χ4n) is 1.41. The van der Waals surface area contributed by atoms with E-state index in [2.05, 4.69) is 10.3 Å². The zero-order valence-electron chi connectivity index (χ0n) is 9.54. The average Bonchev–Trinajstić information content (AvgIpc) is 2.39. The second kappa shape index (κ2) is 5.21. The van der Waals surface area contributed by atoms with E-state index in [-0.39, 0.29) is 16.9 Å². The second-order valence-electron chi connectivity index (χ2n) is 3.63. The molecule has 1 heterocycles. The number of benzene rings is 1. The maximum absolute atomic E-state index is 12.6. The number of hydrogen-bond acceptors (Lipinski definition) is 4. The molecule has 0 aliphatic rings. The lowest BCUT2D eigenvalue weighted by Gasteiger charge is -2.04. The number of nitro benzene ring substituents is 1. The Morgan fingerprint density at radius 1 is 1.32 bits per heavy atom. The quantitative estimate of drug-likeness (QED) is 0.522. The summed E-state index contributed by atoms with van der Waals surface area (Å²) in [5, 5.41) is 13.1. The molecule has 0 bridgehead atoms. The van der Waals surface area contributed by atoms with Gasteiger partial charge in [0.15, 0.2) is 0 Å². The Bertz CT molecular complexity index is 628. The Labute approximate surface area is 107 Å². The predicted octanol–water partition coefficient (Wildman–Crippen LogP) is 2.38. The zero-order chi connectivity index (χ0) is 13.8. The third kappa shape index (κ3) is 3.09. The van der Waals surface area contributed by atoms with Crippen molar-refractivity contribution < 1.29 is 14.1 Å². The van der Waals surface area contributed by atoms with Gasteiger partial charge in [-0.25, -0.2) is 4.98 Å². The fourth-order valence-corrected chi connectivity index (χ4v) is 1.41. The SMILES string of the molecule is O=C(Nc1cccc([N+](=O)[O-])c1)c1ccc(F)nc1. The molecule has 1 N–H and O–H groups in total. The summed E-state index contributed by atoms with van der Waals surface area (Å²) in [6.07, 6.45) is 1.09. The fraction of sp³-hybridized carbons (Fsp3) is 0. The summed E-state index contributed by atoms with van der Waals surface area (Å²) in [6, 6.07) is 7.85. The van der Waals surface area contributed by atoms with Crippen LogP contribution in [0.4, 0.5) is 15.8 Å². The number of aromatic nitrogens is 1. The zero-order valence-corrected chi connectivity index (χ0v) is 9.54. The number of anilines is 1. The molecule has 0 saturated carbocycles. The van der Waals surface area contributed by atoms with Crippen molar-refractivity contribution in [2.24, 2.45) is 0 Å². The van der Waals surface area contributed by atoms with Crippen LogP contribution in [0.15, 0.2) is 42.6 Å².